The van der Waals surface area contributed by atoms with Crippen LogP contribution in [0.1, 0.15) is 36.4 Å². The Hall–Kier alpha value is -1.39. The molecular weight excluding hydrogens is 189 g/mol. The van der Waals surface area contributed by atoms with Gasteiger partial charge in [-0.2, -0.15) is 0 Å². The van der Waals surface area contributed by atoms with Gasteiger partial charge in [-0.3, -0.25) is 0 Å². The molecule has 1 aromatic rings. The summed E-state index contributed by atoms with van der Waals surface area (Å²) in [5, 5.41) is 8.42. The van der Waals surface area contributed by atoms with Crippen LogP contribution in [0, 0.1) is 0 Å². The molecule has 5 heteroatoms. The van der Waals surface area contributed by atoms with Gasteiger partial charge in [-0.25, -0.2) is 14.2 Å². The van der Waals surface area contributed by atoms with Crippen LogP contribution in [0.4, 0.5) is 4.39 Å². The predicted octanol–water partition coefficient (Wildman–Crippen LogP) is 1.65. The number of aliphatic carboxylic acids is 1. The van der Waals surface area contributed by atoms with Crippen LogP contribution in [0.5, 0.6) is 0 Å². The van der Waals surface area contributed by atoms with Crippen LogP contribution in [0.2, 0.25) is 0 Å². The molecule has 14 heavy (non-hydrogen) atoms. The zero-order chi connectivity index (χ0) is 10.1. The number of fused-ring (bicyclic) bond motifs is 1. The Morgan fingerprint density at radius 1 is 1.50 bits per heavy atom. The molecule has 0 aromatic carbocycles. The van der Waals surface area contributed by atoms with Crippen molar-refractivity contribution in [1.29, 1.82) is 0 Å². The number of carboxylic acids is 1. The van der Waals surface area contributed by atoms with Crippen molar-refractivity contribution in [3.8, 4) is 0 Å². The lowest BCUT2D eigenvalue weighted by Crippen LogP contribution is -2.06. The molecule has 2 rings (SSSR count). The van der Waals surface area contributed by atoms with E-state index < -0.39 is 12.1 Å². The van der Waals surface area contributed by atoms with E-state index in [1.807, 2.05) is 0 Å². The van der Waals surface area contributed by atoms with Crippen molar-refractivity contribution in [3.05, 3.63) is 17.3 Å². The second-order valence-corrected chi connectivity index (χ2v) is 3.33. The maximum atomic E-state index is 13.0. The van der Waals surface area contributed by atoms with Crippen molar-refractivity contribution >= 4 is 5.97 Å². The Morgan fingerprint density at radius 3 is 2.86 bits per heavy atom. The van der Waals surface area contributed by atoms with Crippen molar-refractivity contribution in [2.75, 3.05) is 0 Å². The van der Waals surface area contributed by atoms with Crippen molar-refractivity contribution in [2.45, 2.75) is 31.9 Å². The molecule has 4 nitrogen and oxygen atoms in total. The van der Waals surface area contributed by atoms with Gasteiger partial charge in [-0.1, -0.05) is 0 Å². The number of halogens is 1. The number of aryl methyl sites for hydroxylation is 2. The molecular formula is C9H10FNO3. The fourth-order valence-electron chi connectivity index (χ4n) is 1.59. The topological polar surface area (TPSA) is 63.3 Å². The number of carbonyl (C=O) groups is 1. The van der Waals surface area contributed by atoms with E-state index in [0.29, 0.717) is 5.76 Å². The molecule has 1 aromatic heterocycles. The third-order valence-corrected chi connectivity index (χ3v) is 2.30. The normalized spacial score (nSPS) is 17.5. The lowest BCUT2D eigenvalue weighted by Gasteiger charge is -2.05. The van der Waals surface area contributed by atoms with E-state index in [4.69, 9.17) is 9.52 Å². The molecule has 0 aliphatic heterocycles. The van der Waals surface area contributed by atoms with Crippen LogP contribution in [-0.4, -0.2) is 16.1 Å². The SMILES string of the molecule is O=C(O)C(F)c1nc2c(o1)CCCC2. The summed E-state index contributed by atoms with van der Waals surface area (Å²) in [5.74, 6) is -1.22. The summed E-state index contributed by atoms with van der Waals surface area (Å²) >= 11 is 0. The van der Waals surface area contributed by atoms with Gasteiger partial charge in [0.15, 0.2) is 0 Å². The summed E-state index contributed by atoms with van der Waals surface area (Å²) in [6.07, 6.45) is 1.34. The molecule has 1 unspecified atom stereocenters. The van der Waals surface area contributed by atoms with E-state index >= 15 is 0 Å². The molecule has 1 atom stereocenters. The summed E-state index contributed by atoms with van der Waals surface area (Å²) in [5.41, 5.74) is 0.718. The summed E-state index contributed by atoms with van der Waals surface area (Å²) < 4.78 is 18.1. The highest BCUT2D eigenvalue weighted by Gasteiger charge is 2.27. The van der Waals surface area contributed by atoms with E-state index in [0.717, 1.165) is 31.4 Å². The van der Waals surface area contributed by atoms with Crippen LogP contribution in [0.25, 0.3) is 0 Å². The van der Waals surface area contributed by atoms with Gasteiger partial charge in [0.25, 0.3) is 6.17 Å². The lowest BCUT2D eigenvalue weighted by atomic mass is 10.0. The summed E-state index contributed by atoms with van der Waals surface area (Å²) in [7, 11) is 0. The number of alkyl halides is 1. The van der Waals surface area contributed by atoms with Crippen LogP contribution >= 0.6 is 0 Å². The highest BCUT2D eigenvalue weighted by Crippen LogP contribution is 2.26. The van der Waals surface area contributed by atoms with Gasteiger partial charge in [0.1, 0.15) is 5.76 Å². The monoisotopic (exact) mass is 199 g/mol. The number of nitrogens with zero attached hydrogens (tertiary/aromatic N) is 1. The number of hydrogen-bond acceptors (Lipinski definition) is 3. The smallest absolute Gasteiger partial charge is 0.348 e. The molecule has 0 saturated heterocycles. The van der Waals surface area contributed by atoms with Crippen molar-refractivity contribution in [1.82, 2.24) is 4.98 Å². The van der Waals surface area contributed by atoms with Crippen LogP contribution in [-0.2, 0) is 17.6 Å². The molecule has 1 heterocycles. The fourth-order valence-corrected chi connectivity index (χ4v) is 1.59. The molecule has 0 fully saturated rings. The van der Waals surface area contributed by atoms with E-state index in [1.54, 1.807) is 0 Å². The number of rotatable bonds is 2. The van der Waals surface area contributed by atoms with Crippen molar-refractivity contribution in [2.24, 2.45) is 0 Å². The van der Waals surface area contributed by atoms with E-state index in [-0.39, 0.29) is 5.89 Å². The highest BCUT2D eigenvalue weighted by molar-refractivity contribution is 5.72. The molecule has 0 radical (unpaired) electrons. The van der Waals surface area contributed by atoms with Gasteiger partial charge in [0.2, 0.25) is 5.89 Å². The quantitative estimate of drug-likeness (QED) is 0.786. The second-order valence-electron chi connectivity index (χ2n) is 3.33. The Balaban J connectivity index is 2.28. The van der Waals surface area contributed by atoms with E-state index in [2.05, 4.69) is 4.98 Å². The lowest BCUT2D eigenvalue weighted by molar-refractivity contribution is -0.143. The Morgan fingerprint density at radius 2 is 2.21 bits per heavy atom. The average molecular weight is 199 g/mol. The van der Waals surface area contributed by atoms with Crippen LogP contribution < -0.4 is 0 Å². The maximum absolute atomic E-state index is 13.0. The zero-order valence-corrected chi connectivity index (χ0v) is 7.49. The first-order valence-corrected chi connectivity index (χ1v) is 4.54. The maximum Gasteiger partial charge on any atom is 0.348 e. The molecule has 0 bridgehead atoms. The molecule has 0 spiro atoms. The Kier molecular flexibility index (Phi) is 2.23. The summed E-state index contributed by atoms with van der Waals surface area (Å²) in [6.45, 7) is 0. The molecule has 1 aliphatic carbocycles. The molecule has 0 amide bonds. The molecule has 0 saturated carbocycles. The fraction of sp³-hybridized carbons (Fsp3) is 0.556. The zero-order valence-electron chi connectivity index (χ0n) is 7.49. The predicted molar refractivity (Wildman–Crippen MR) is 44.6 cm³/mol. The number of aromatic nitrogens is 1. The van der Waals surface area contributed by atoms with Gasteiger partial charge in [0, 0.05) is 6.42 Å². The third kappa shape index (κ3) is 1.49. The first-order valence-electron chi connectivity index (χ1n) is 4.54. The van der Waals surface area contributed by atoms with Crippen molar-refractivity contribution < 1.29 is 18.7 Å². The molecule has 1 aliphatic rings. The van der Waals surface area contributed by atoms with Gasteiger partial charge in [-0.05, 0) is 19.3 Å². The first kappa shape index (κ1) is 9.18. The number of carboxylic acid groups (broad SMARTS) is 1. The minimum Gasteiger partial charge on any atom is -0.479 e. The highest BCUT2D eigenvalue weighted by atomic mass is 19.1. The number of hydrogen-bond donors (Lipinski definition) is 1. The number of oxazole rings is 1. The summed E-state index contributed by atoms with van der Waals surface area (Å²) in [4.78, 5) is 14.2. The largest absolute Gasteiger partial charge is 0.479 e. The summed E-state index contributed by atoms with van der Waals surface area (Å²) in [6, 6.07) is 0. The van der Waals surface area contributed by atoms with Gasteiger partial charge in [0.05, 0.1) is 5.69 Å². The Bertz CT molecular complexity index is 337. The van der Waals surface area contributed by atoms with E-state index in [9.17, 15) is 9.18 Å². The van der Waals surface area contributed by atoms with Gasteiger partial charge >= 0.3 is 5.97 Å². The third-order valence-electron chi connectivity index (χ3n) is 2.30. The Labute approximate surface area is 79.8 Å². The first-order chi connectivity index (χ1) is 6.68. The van der Waals surface area contributed by atoms with Crippen molar-refractivity contribution in [3.63, 3.8) is 0 Å². The van der Waals surface area contributed by atoms with Crippen LogP contribution in [0.3, 0.4) is 0 Å². The van der Waals surface area contributed by atoms with E-state index in [1.165, 1.54) is 0 Å². The molecule has 76 valence electrons. The minimum absolute atomic E-state index is 0.315. The molecule has 1 N–H and O–H groups in total. The minimum atomic E-state index is -2.14. The van der Waals surface area contributed by atoms with Gasteiger partial charge in [-0.15, -0.1) is 0 Å². The van der Waals surface area contributed by atoms with Crippen LogP contribution in [0.15, 0.2) is 4.42 Å². The van der Waals surface area contributed by atoms with Gasteiger partial charge < -0.3 is 9.52 Å². The second kappa shape index (κ2) is 3.40. The standard InChI is InChI=1S/C9H10FNO3/c10-7(9(12)13)8-11-5-3-1-2-4-6(5)14-8/h7H,1-4H2,(H,12,13). The average Bonchev–Trinajstić information content (AvgIpc) is 2.59.